The van der Waals surface area contributed by atoms with E-state index in [9.17, 15) is 14.7 Å². The van der Waals surface area contributed by atoms with Gasteiger partial charge in [0.15, 0.2) is 0 Å². The normalized spacial score (nSPS) is 16.9. The van der Waals surface area contributed by atoms with Gasteiger partial charge in [-0.25, -0.2) is 0 Å². The third-order valence-electron chi connectivity index (χ3n) is 6.86. The van der Waals surface area contributed by atoms with Gasteiger partial charge in [0.1, 0.15) is 18.1 Å². The third-order valence-corrected chi connectivity index (χ3v) is 6.86. The smallest absolute Gasteiger partial charge is 0.295 e. The lowest BCUT2D eigenvalue weighted by Gasteiger charge is -2.26. The number of benzene rings is 3. The summed E-state index contributed by atoms with van der Waals surface area (Å²) in [4.78, 5) is 30.0. The van der Waals surface area contributed by atoms with Crippen molar-refractivity contribution in [1.82, 2.24) is 9.80 Å². The Bertz CT molecular complexity index is 1310. The van der Waals surface area contributed by atoms with Crippen molar-refractivity contribution in [2.45, 2.75) is 39.3 Å². The maximum atomic E-state index is 13.2. The molecule has 1 heterocycles. The molecule has 0 aliphatic carbocycles. The van der Waals surface area contributed by atoms with Crippen LogP contribution in [0.4, 0.5) is 0 Å². The Morgan fingerprint density at radius 2 is 1.68 bits per heavy atom. The summed E-state index contributed by atoms with van der Waals surface area (Å²) in [5.74, 6) is -0.753. The summed E-state index contributed by atoms with van der Waals surface area (Å²) in [7, 11) is 3.95. The first-order valence-electron chi connectivity index (χ1n) is 13.1. The molecule has 1 aliphatic rings. The third kappa shape index (κ3) is 6.14. The number of likely N-dealkylation sites (tertiary alicyclic amines) is 1. The first kappa shape index (κ1) is 27.1. The predicted molar refractivity (Wildman–Crippen MR) is 150 cm³/mol. The molecular weight excluding hydrogens is 476 g/mol. The van der Waals surface area contributed by atoms with Crippen molar-refractivity contribution in [3.8, 4) is 5.75 Å². The van der Waals surface area contributed by atoms with E-state index in [1.807, 2.05) is 68.4 Å². The average molecular weight is 513 g/mol. The monoisotopic (exact) mass is 512 g/mol. The number of hydrogen-bond acceptors (Lipinski definition) is 5. The van der Waals surface area contributed by atoms with E-state index in [-0.39, 0.29) is 11.3 Å². The standard InChI is InChI=1S/C32H36N2O4/c1-5-23-10-12-25(13-11-23)29-28(31(36)32(37)34(29)19-7-18-33(3)4)30(35)26-14-16-27(17-15-26)38-21-24-9-6-8-22(2)20-24/h6,8-17,20,29,35H,5,7,18-19,21H2,1-4H3/t29-/m1/s1. The second-order valence-corrected chi connectivity index (χ2v) is 10.0. The Labute approximate surface area is 225 Å². The van der Waals surface area contributed by atoms with Gasteiger partial charge < -0.3 is 19.6 Å². The molecule has 3 aromatic rings. The fraction of sp³-hybridized carbons (Fsp3) is 0.312. The van der Waals surface area contributed by atoms with E-state index >= 15 is 0 Å². The lowest BCUT2D eigenvalue weighted by atomic mass is 9.94. The van der Waals surface area contributed by atoms with Crippen molar-refractivity contribution >= 4 is 17.4 Å². The summed E-state index contributed by atoms with van der Waals surface area (Å²) in [5.41, 5.74) is 4.81. The van der Waals surface area contributed by atoms with E-state index in [2.05, 4.69) is 13.0 Å². The van der Waals surface area contributed by atoms with Crippen LogP contribution in [0.15, 0.2) is 78.4 Å². The number of nitrogens with zero attached hydrogens (tertiary/aromatic N) is 2. The molecule has 1 amide bonds. The lowest BCUT2D eigenvalue weighted by Crippen LogP contribution is -2.32. The number of carbonyl (C=O) groups excluding carboxylic acids is 2. The maximum absolute atomic E-state index is 13.2. The van der Waals surface area contributed by atoms with Gasteiger partial charge in [0.2, 0.25) is 0 Å². The Kier molecular flexibility index (Phi) is 8.64. The highest BCUT2D eigenvalue weighted by molar-refractivity contribution is 6.46. The van der Waals surface area contributed by atoms with Crippen LogP contribution in [0.3, 0.4) is 0 Å². The average Bonchev–Trinajstić information content (AvgIpc) is 3.17. The molecule has 0 bridgehead atoms. The highest BCUT2D eigenvalue weighted by atomic mass is 16.5. The molecule has 6 heteroatoms. The number of carbonyl (C=O) groups is 2. The summed E-state index contributed by atoms with van der Waals surface area (Å²) in [6.45, 7) is 5.76. The number of rotatable bonds is 10. The van der Waals surface area contributed by atoms with E-state index in [0.29, 0.717) is 24.5 Å². The Morgan fingerprint density at radius 1 is 0.974 bits per heavy atom. The highest BCUT2D eigenvalue weighted by Gasteiger charge is 2.45. The van der Waals surface area contributed by atoms with Crippen LogP contribution in [-0.4, -0.2) is 53.8 Å². The molecule has 6 nitrogen and oxygen atoms in total. The van der Waals surface area contributed by atoms with Crippen molar-refractivity contribution < 1.29 is 19.4 Å². The first-order chi connectivity index (χ1) is 18.3. The van der Waals surface area contributed by atoms with Crippen LogP contribution in [0.1, 0.15) is 47.2 Å². The quantitative estimate of drug-likeness (QED) is 0.220. The second-order valence-electron chi connectivity index (χ2n) is 10.0. The van der Waals surface area contributed by atoms with Gasteiger partial charge >= 0.3 is 0 Å². The molecule has 1 N–H and O–H groups in total. The van der Waals surface area contributed by atoms with Gasteiger partial charge in [-0.05, 0) is 81.4 Å². The number of hydrogen-bond donors (Lipinski definition) is 1. The predicted octanol–water partition coefficient (Wildman–Crippen LogP) is 5.51. The van der Waals surface area contributed by atoms with Gasteiger partial charge in [-0.2, -0.15) is 0 Å². The molecule has 3 aromatic carbocycles. The second kappa shape index (κ2) is 12.1. The summed E-state index contributed by atoms with van der Waals surface area (Å²) in [6.07, 6.45) is 1.61. The van der Waals surface area contributed by atoms with Crippen LogP contribution in [0.2, 0.25) is 0 Å². The summed E-state index contributed by atoms with van der Waals surface area (Å²) >= 11 is 0. The molecule has 0 spiro atoms. The van der Waals surface area contributed by atoms with Crippen LogP contribution < -0.4 is 4.74 Å². The highest BCUT2D eigenvalue weighted by Crippen LogP contribution is 2.39. The maximum Gasteiger partial charge on any atom is 0.295 e. The van der Waals surface area contributed by atoms with Crippen LogP contribution in [0.25, 0.3) is 5.76 Å². The van der Waals surface area contributed by atoms with Crippen LogP contribution in [-0.2, 0) is 22.6 Å². The molecule has 38 heavy (non-hydrogen) atoms. The Hall–Kier alpha value is -3.90. The molecule has 0 aromatic heterocycles. The minimum Gasteiger partial charge on any atom is -0.507 e. The number of aliphatic hydroxyl groups excluding tert-OH is 1. The zero-order valence-electron chi connectivity index (χ0n) is 22.6. The van der Waals surface area contributed by atoms with E-state index in [4.69, 9.17) is 4.74 Å². The van der Waals surface area contributed by atoms with Gasteiger partial charge in [-0.15, -0.1) is 0 Å². The van der Waals surface area contributed by atoms with Gasteiger partial charge in [-0.1, -0.05) is 61.0 Å². The lowest BCUT2D eigenvalue weighted by molar-refractivity contribution is -0.139. The zero-order valence-corrected chi connectivity index (χ0v) is 22.6. The molecule has 1 aliphatic heterocycles. The van der Waals surface area contributed by atoms with Crippen LogP contribution in [0.5, 0.6) is 5.75 Å². The summed E-state index contributed by atoms with van der Waals surface area (Å²) in [6, 6.07) is 22.4. The Morgan fingerprint density at radius 3 is 2.32 bits per heavy atom. The molecule has 0 saturated carbocycles. The van der Waals surface area contributed by atoms with Crippen LogP contribution in [0, 0.1) is 6.92 Å². The number of aryl methyl sites for hydroxylation is 2. The van der Waals surface area contributed by atoms with Crippen molar-refractivity contribution in [2.75, 3.05) is 27.2 Å². The largest absolute Gasteiger partial charge is 0.507 e. The minimum atomic E-state index is -0.656. The molecule has 0 radical (unpaired) electrons. The van der Waals surface area contributed by atoms with E-state index in [1.54, 1.807) is 29.2 Å². The molecule has 1 saturated heterocycles. The molecular formula is C32H36N2O4. The van der Waals surface area contributed by atoms with E-state index in [1.165, 1.54) is 11.1 Å². The topological polar surface area (TPSA) is 70.1 Å². The fourth-order valence-corrected chi connectivity index (χ4v) is 4.78. The number of amides is 1. The van der Waals surface area contributed by atoms with Crippen LogP contribution >= 0.6 is 0 Å². The SMILES string of the molecule is CCc1ccc([C@@H]2C(=C(O)c3ccc(OCc4cccc(C)c4)cc3)C(=O)C(=O)N2CCCN(C)C)cc1. The molecule has 4 rings (SSSR count). The van der Waals surface area contributed by atoms with Crippen molar-refractivity contribution in [3.05, 3.63) is 106 Å². The van der Waals surface area contributed by atoms with Crippen molar-refractivity contribution in [2.24, 2.45) is 0 Å². The zero-order chi connectivity index (χ0) is 27.2. The number of ether oxygens (including phenoxy) is 1. The Balaban J connectivity index is 1.63. The van der Waals surface area contributed by atoms with E-state index in [0.717, 1.165) is 30.5 Å². The molecule has 1 atom stereocenters. The summed E-state index contributed by atoms with van der Waals surface area (Å²) < 4.78 is 5.91. The summed E-state index contributed by atoms with van der Waals surface area (Å²) in [5, 5.41) is 11.3. The minimum absolute atomic E-state index is 0.123. The van der Waals surface area contributed by atoms with Gasteiger partial charge in [0.05, 0.1) is 11.6 Å². The number of aliphatic hydroxyl groups is 1. The van der Waals surface area contributed by atoms with Gasteiger partial charge in [-0.3, -0.25) is 9.59 Å². The molecule has 1 fully saturated rings. The number of Topliss-reactive ketones (excluding diaryl/α,β-unsaturated/α-hetero) is 1. The van der Waals surface area contributed by atoms with Gasteiger partial charge in [0, 0.05) is 12.1 Å². The molecule has 0 unspecified atom stereocenters. The van der Waals surface area contributed by atoms with E-state index < -0.39 is 17.7 Å². The van der Waals surface area contributed by atoms with Crippen molar-refractivity contribution in [3.63, 3.8) is 0 Å². The molecule has 198 valence electrons. The van der Waals surface area contributed by atoms with Gasteiger partial charge in [0.25, 0.3) is 11.7 Å². The number of ketones is 1. The fourth-order valence-electron chi connectivity index (χ4n) is 4.78. The first-order valence-corrected chi connectivity index (χ1v) is 13.1. The van der Waals surface area contributed by atoms with Crippen molar-refractivity contribution in [1.29, 1.82) is 0 Å².